The fourth-order valence-electron chi connectivity index (χ4n) is 3.28. The molecule has 0 fully saturated rings. The van der Waals surface area contributed by atoms with Gasteiger partial charge in [0.05, 0.1) is 21.7 Å². The molecule has 0 aromatic heterocycles. The van der Waals surface area contributed by atoms with E-state index in [0.29, 0.717) is 23.7 Å². The van der Waals surface area contributed by atoms with Crippen LogP contribution in [0.15, 0.2) is 108 Å². The van der Waals surface area contributed by atoms with Crippen molar-refractivity contribution in [1.29, 1.82) is 0 Å². The van der Waals surface area contributed by atoms with Crippen LogP contribution in [0.2, 0.25) is 0 Å². The van der Waals surface area contributed by atoms with E-state index < -0.39 is 27.4 Å². The SMILES string of the molecule is C=CCOc1ccc(/C=N\NC(=O)CN(c2cccc([N+](=O)[O-])c2)S(=O)(=O)c2ccccc2)c(OCC=C)c1. The molecule has 0 bridgehead atoms. The number of sulfonamides is 1. The lowest BCUT2D eigenvalue weighted by molar-refractivity contribution is -0.384. The second-order valence-electron chi connectivity index (χ2n) is 7.79. The van der Waals surface area contributed by atoms with Crippen molar-refractivity contribution in [2.45, 2.75) is 4.90 Å². The molecule has 0 atom stereocenters. The standard InChI is InChI=1S/C27H26N4O7S/c1-3-15-37-24-14-13-21(26(18-24)38-16-4-2)19-28-29-27(32)20-30(22-9-8-10-23(17-22)31(33)34)39(35,36)25-11-6-5-7-12-25/h3-14,17-19H,1-2,15-16,20H2,(H,29,32)/b28-19-. The molecule has 39 heavy (non-hydrogen) atoms. The Bertz CT molecular complexity index is 1470. The Labute approximate surface area is 225 Å². The predicted molar refractivity (Wildman–Crippen MR) is 148 cm³/mol. The van der Waals surface area contributed by atoms with Crippen molar-refractivity contribution in [2.24, 2.45) is 5.10 Å². The van der Waals surface area contributed by atoms with Gasteiger partial charge < -0.3 is 9.47 Å². The number of carbonyl (C=O) groups excluding carboxylic acids is 1. The van der Waals surface area contributed by atoms with Gasteiger partial charge in [-0.05, 0) is 30.3 Å². The molecule has 3 aromatic carbocycles. The molecular formula is C27H26N4O7S. The van der Waals surface area contributed by atoms with Crippen molar-refractivity contribution in [1.82, 2.24) is 5.43 Å². The van der Waals surface area contributed by atoms with E-state index in [1.807, 2.05) is 0 Å². The molecule has 12 heteroatoms. The van der Waals surface area contributed by atoms with E-state index in [-0.39, 0.29) is 22.9 Å². The maximum Gasteiger partial charge on any atom is 0.271 e. The summed E-state index contributed by atoms with van der Waals surface area (Å²) in [7, 11) is -4.25. The van der Waals surface area contributed by atoms with E-state index >= 15 is 0 Å². The molecular weight excluding hydrogens is 524 g/mol. The third kappa shape index (κ3) is 7.76. The number of non-ortho nitro benzene ring substituents is 1. The van der Waals surface area contributed by atoms with Gasteiger partial charge >= 0.3 is 0 Å². The van der Waals surface area contributed by atoms with Crippen molar-refractivity contribution in [3.05, 3.63) is 114 Å². The van der Waals surface area contributed by atoms with Crippen LogP contribution >= 0.6 is 0 Å². The van der Waals surface area contributed by atoms with Crippen LogP contribution in [0.25, 0.3) is 0 Å². The van der Waals surface area contributed by atoms with Gasteiger partial charge in [-0.15, -0.1) is 0 Å². The number of carbonyl (C=O) groups is 1. The molecule has 0 saturated heterocycles. The van der Waals surface area contributed by atoms with Gasteiger partial charge in [0.15, 0.2) is 0 Å². The summed E-state index contributed by atoms with van der Waals surface area (Å²) in [6.45, 7) is 7.05. The highest BCUT2D eigenvalue weighted by molar-refractivity contribution is 7.92. The molecule has 1 N–H and O–H groups in total. The Kier molecular flexibility index (Phi) is 9.93. The first kappa shape index (κ1) is 28.6. The Morgan fingerprint density at radius 3 is 2.41 bits per heavy atom. The molecule has 0 heterocycles. The van der Waals surface area contributed by atoms with Crippen molar-refractivity contribution < 1.29 is 27.6 Å². The molecule has 0 aliphatic rings. The minimum Gasteiger partial charge on any atom is -0.489 e. The van der Waals surface area contributed by atoms with Crippen LogP contribution in [0.4, 0.5) is 11.4 Å². The summed E-state index contributed by atoms with van der Waals surface area (Å²) >= 11 is 0. The maximum absolute atomic E-state index is 13.4. The molecule has 0 aliphatic carbocycles. The van der Waals surface area contributed by atoms with E-state index in [1.165, 1.54) is 48.7 Å². The Morgan fingerprint density at radius 1 is 1.00 bits per heavy atom. The molecule has 0 unspecified atom stereocenters. The number of nitro benzene ring substituents is 1. The molecule has 3 aromatic rings. The number of nitro groups is 1. The van der Waals surface area contributed by atoms with Gasteiger partial charge in [-0.25, -0.2) is 13.8 Å². The quantitative estimate of drug-likeness (QED) is 0.138. The highest BCUT2D eigenvalue weighted by atomic mass is 32.2. The van der Waals surface area contributed by atoms with Crippen molar-refractivity contribution in [3.8, 4) is 11.5 Å². The van der Waals surface area contributed by atoms with Crippen LogP contribution in [0.3, 0.4) is 0 Å². The minimum atomic E-state index is -4.25. The fraction of sp³-hybridized carbons (Fsp3) is 0.111. The topological polar surface area (TPSA) is 140 Å². The molecule has 0 radical (unpaired) electrons. The zero-order valence-electron chi connectivity index (χ0n) is 20.8. The largest absolute Gasteiger partial charge is 0.489 e. The number of rotatable bonds is 14. The number of benzene rings is 3. The zero-order chi connectivity index (χ0) is 28.3. The van der Waals surface area contributed by atoms with Crippen molar-refractivity contribution in [3.63, 3.8) is 0 Å². The third-order valence-electron chi connectivity index (χ3n) is 5.05. The van der Waals surface area contributed by atoms with Crippen LogP contribution in [0.5, 0.6) is 11.5 Å². The summed E-state index contributed by atoms with van der Waals surface area (Å²) in [5.41, 5.74) is 2.42. The summed E-state index contributed by atoms with van der Waals surface area (Å²) in [5.74, 6) is 0.171. The summed E-state index contributed by atoms with van der Waals surface area (Å²) in [6.07, 6.45) is 4.50. The van der Waals surface area contributed by atoms with E-state index in [1.54, 1.807) is 36.4 Å². The second kappa shape index (κ2) is 13.5. The van der Waals surface area contributed by atoms with Gasteiger partial charge in [-0.2, -0.15) is 5.10 Å². The van der Waals surface area contributed by atoms with Gasteiger partial charge in [0.1, 0.15) is 31.3 Å². The lowest BCUT2D eigenvalue weighted by Crippen LogP contribution is -2.39. The van der Waals surface area contributed by atoms with Gasteiger partial charge in [-0.1, -0.05) is 49.6 Å². The van der Waals surface area contributed by atoms with E-state index in [2.05, 4.69) is 23.7 Å². The number of ether oxygens (including phenoxy) is 2. The zero-order valence-corrected chi connectivity index (χ0v) is 21.6. The third-order valence-corrected chi connectivity index (χ3v) is 6.84. The fourth-order valence-corrected chi connectivity index (χ4v) is 4.71. The first-order valence-corrected chi connectivity index (χ1v) is 13.0. The molecule has 0 spiro atoms. The van der Waals surface area contributed by atoms with Crippen LogP contribution in [0, 0.1) is 10.1 Å². The van der Waals surface area contributed by atoms with Gasteiger partial charge in [-0.3, -0.25) is 19.2 Å². The summed E-state index contributed by atoms with van der Waals surface area (Å²) in [4.78, 5) is 23.3. The Morgan fingerprint density at radius 2 is 1.72 bits per heavy atom. The smallest absolute Gasteiger partial charge is 0.271 e. The number of amides is 1. The lowest BCUT2D eigenvalue weighted by Gasteiger charge is -2.23. The molecule has 202 valence electrons. The number of nitrogens with zero attached hydrogens (tertiary/aromatic N) is 3. The molecule has 0 aliphatic heterocycles. The molecule has 11 nitrogen and oxygen atoms in total. The Hall–Kier alpha value is -4.97. The van der Waals surface area contributed by atoms with Crippen molar-refractivity contribution >= 4 is 33.5 Å². The summed E-state index contributed by atoms with van der Waals surface area (Å²) in [5, 5.41) is 15.2. The predicted octanol–water partition coefficient (Wildman–Crippen LogP) is 4.07. The van der Waals surface area contributed by atoms with Gasteiger partial charge in [0, 0.05) is 23.8 Å². The maximum atomic E-state index is 13.4. The van der Waals surface area contributed by atoms with Gasteiger partial charge in [0.2, 0.25) is 0 Å². The van der Waals surface area contributed by atoms with Crippen molar-refractivity contribution in [2.75, 3.05) is 24.1 Å². The monoisotopic (exact) mass is 550 g/mol. The first-order valence-electron chi connectivity index (χ1n) is 11.5. The lowest BCUT2D eigenvalue weighted by atomic mass is 10.2. The number of hydrogen-bond donors (Lipinski definition) is 1. The van der Waals surface area contributed by atoms with E-state index in [4.69, 9.17) is 9.47 Å². The molecule has 3 rings (SSSR count). The molecule has 0 saturated carbocycles. The Balaban J connectivity index is 1.84. The van der Waals surface area contributed by atoms with Gasteiger partial charge in [0.25, 0.3) is 21.6 Å². The second-order valence-corrected chi connectivity index (χ2v) is 9.66. The van der Waals surface area contributed by atoms with Crippen LogP contribution in [-0.4, -0.2) is 45.2 Å². The number of hydrazone groups is 1. The van der Waals surface area contributed by atoms with Crippen LogP contribution in [0.1, 0.15) is 5.56 Å². The van der Waals surface area contributed by atoms with E-state index in [9.17, 15) is 23.3 Å². The summed E-state index contributed by atoms with van der Waals surface area (Å²) < 4.78 is 38.7. The minimum absolute atomic E-state index is 0.0533. The summed E-state index contributed by atoms with van der Waals surface area (Å²) in [6, 6.07) is 17.4. The average molecular weight is 551 g/mol. The number of anilines is 1. The number of hydrogen-bond acceptors (Lipinski definition) is 8. The van der Waals surface area contributed by atoms with Crippen LogP contribution < -0.4 is 19.2 Å². The average Bonchev–Trinajstić information content (AvgIpc) is 2.94. The first-order chi connectivity index (χ1) is 18.8. The highest BCUT2D eigenvalue weighted by Crippen LogP contribution is 2.27. The van der Waals surface area contributed by atoms with E-state index in [0.717, 1.165) is 10.4 Å². The highest BCUT2D eigenvalue weighted by Gasteiger charge is 2.28. The normalized spacial score (nSPS) is 11.0. The molecule has 1 amide bonds. The van der Waals surface area contributed by atoms with Crippen LogP contribution in [-0.2, 0) is 14.8 Å². The number of nitrogens with one attached hydrogen (secondary N) is 1.